The summed E-state index contributed by atoms with van der Waals surface area (Å²) < 4.78 is 3.17. The monoisotopic (exact) mass is 320 g/mol. The van der Waals surface area contributed by atoms with E-state index in [-0.39, 0.29) is 11.6 Å². The van der Waals surface area contributed by atoms with Crippen molar-refractivity contribution in [3.63, 3.8) is 0 Å². The lowest BCUT2D eigenvalue weighted by Gasteiger charge is -2.23. The minimum atomic E-state index is -1.00. The summed E-state index contributed by atoms with van der Waals surface area (Å²) in [6.07, 6.45) is 4.87. The zero-order chi connectivity index (χ0) is 17.0. The van der Waals surface area contributed by atoms with Crippen LogP contribution in [-0.2, 0) is 16.9 Å². The van der Waals surface area contributed by atoms with Crippen LogP contribution in [0.15, 0.2) is 24.7 Å². The van der Waals surface area contributed by atoms with Gasteiger partial charge in [0, 0.05) is 25.0 Å². The maximum Gasteiger partial charge on any atom is 0.307 e. The van der Waals surface area contributed by atoms with Gasteiger partial charge in [0.2, 0.25) is 5.91 Å². The van der Waals surface area contributed by atoms with E-state index in [1.165, 1.54) is 10.9 Å². The molecule has 1 amide bonds. The highest BCUT2D eigenvalue weighted by Gasteiger charge is 2.31. The van der Waals surface area contributed by atoms with Crippen molar-refractivity contribution >= 4 is 11.6 Å². The molecular formula is C14H20N6O3. The van der Waals surface area contributed by atoms with Crippen molar-refractivity contribution in [1.29, 1.82) is 0 Å². The van der Waals surface area contributed by atoms with Gasteiger partial charge in [-0.15, -0.1) is 0 Å². The smallest absolute Gasteiger partial charge is 0.307 e. The van der Waals surface area contributed by atoms with Gasteiger partial charge in [-0.25, -0.2) is 0 Å². The summed E-state index contributed by atoms with van der Waals surface area (Å²) in [6.45, 7) is 6.50. The zero-order valence-electron chi connectivity index (χ0n) is 13.4. The summed E-state index contributed by atoms with van der Waals surface area (Å²) in [4.78, 5) is 22.5. The SMILES string of the molecule is Cc1ccnn1CCCNC(=O)C(C)(C)n1cc([N+](=O)[O-])cn1. The van der Waals surface area contributed by atoms with Crippen LogP contribution in [0.3, 0.4) is 0 Å². The van der Waals surface area contributed by atoms with E-state index >= 15 is 0 Å². The lowest BCUT2D eigenvalue weighted by atomic mass is 10.1. The minimum absolute atomic E-state index is 0.139. The van der Waals surface area contributed by atoms with Gasteiger partial charge in [-0.05, 0) is 33.3 Å². The van der Waals surface area contributed by atoms with Crippen LogP contribution in [0.5, 0.6) is 0 Å². The van der Waals surface area contributed by atoms with E-state index in [9.17, 15) is 14.9 Å². The molecule has 0 bridgehead atoms. The van der Waals surface area contributed by atoms with Crippen molar-refractivity contribution in [3.05, 3.63) is 40.5 Å². The molecule has 0 fully saturated rings. The lowest BCUT2D eigenvalue weighted by Crippen LogP contribution is -2.45. The molecule has 0 saturated heterocycles. The summed E-state index contributed by atoms with van der Waals surface area (Å²) >= 11 is 0. The molecule has 0 unspecified atom stereocenters. The van der Waals surface area contributed by atoms with Crippen molar-refractivity contribution < 1.29 is 9.72 Å². The Bertz CT molecular complexity index is 703. The van der Waals surface area contributed by atoms with Crippen LogP contribution in [0, 0.1) is 17.0 Å². The first kappa shape index (κ1) is 16.7. The molecule has 0 aromatic carbocycles. The lowest BCUT2D eigenvalue weighted by molar-refractivity contribution is -0.385. The molecule has 2 aromatic rings. The standard InChI is InChI=1S/C14H20N6O3/c1-11-5-7-16-18(11)8-4-6-15-13(21)14(2,3)19-10-12(9-17-19)20(22)23/h5,7,9-10H,4,6,8H2,1-3H3,(H,15,21). The van der Waals surface area contributed by atoms with E-state index < -0.39 is 10.5 Å². The molecule has 0 aliphatic carbocycles. The highest BCUT2D eigenvalue weighted by molar-refractivity contribution is 5.83. The van der Waals surface area contributed by atoms with Gasteiger partial charge in [-0.2, -0.15) is 10.2 Å². The van der Waals surface area contributed by atoms with Gasteiger partial charge in [-0.1, -0.05) is 0 Å². The third kappa shape index (κ3) is 3.74. The average Bonchev–Trinajstić information content (AvgIpc) is 3.13. The topological polar surface area (TPSA) is 108 Å². The molecule has 2 rings (SSSR count). The Morgan fingerprint density at radius 2 is 2.17 bits per heavy atom. The molecular weight excluding hydrogens is 300 g/mol. The molecule has 2 heterocycles. The number of aromatic nitrogens is 4. The number of amides is 1. The number of rotatable bonds is 7. The first-order valence-electron chi connectivity index (χ1n) is 7.28. The number of nitro groups is 1. The van der Waals surface area contributed by atoms with Crippen molar-refractivity contribution in [3.8, 4) is 0 Å². The highest BCUT2D eigenvalue weighted by atomic mass is 16.6. The Labute approximate surface area is 133 Å². The van der Waals surface area contributed by atoms with Crippen LogP contribution >= 0.6 is 0 Å². The number of carbonyl (C=O) groups is 1. The molecule has 2 aromatic heterocycles. The van der Waals surface area contributed by atoms with Crippen LogP contribution in [0.25, 0.3) is 0 Å². The largest absolute Gasteiger partial charge is 0.354 e. The number of aryl methyl sites for hydroxylation is 2. The van der Waals surface area contributed by atoms with E-state index in [2.05, 4.69) is 15.5 Å². The van der Waals surface area contributed by atoms with Gasteiger partial charge in [0.1, 0.15) is 17.9 Å². The molecule has 124 valence electrons. The highest BCUT2D eigenvalue weighted by Crippen LogP contribution is 2.18. The van der Waals surface area contributed by atoms with Gasteiger partial charge >= 0.3 is 5.69 Å². The Morgan fingerprint density at radius 3 is 2.74 bits per heavy atom. The van der Waals surface area contributed by atoms with Gasteiger partial charge in [0.05, 0.1) is 4.92 Å². The Morgan fingerprint density at radius 1 is 1.43 bits per heavy atom. The molecule has 0 saturated carbocycles. The second-order valence-corrected chi connectivity index (χ2v) is 5.76. The summed E-state index contributed by atoms with van der Waals surface area (Å²) in [5.74, 6) is -0.243. The van der Waals surface area contributed by atoms with E-state index in [1.54, 1.807) is 20.0 Å². The second-order valence-electron chi connectivity index (χ2n) is 5.76. The fraction of sp³-hybridized carbons (Fsp3) is 0.500. The quantitative estimate of drug-likeness (QED) is 0.469. The Kier molecular flexibility index (Phi) is 4.77. The number of carbonyl (C=O) groups excluding carboxylic acids is 1. The van der Waals surface area contributed by atoms with Crippen molar-refractivity contribution in [1.82, 2.24) is 24.9 Å². The predicted octanol–water partition coefficient (Wildman–Crippen LogP) is 1.24. The van der Waals surface area contributed by atoms with Gasteiger partial charge in [0.25, 0.3) is 0 Å². The van der Waals surface area contributed by atoms with Crippen molar-refractivity contribution in [2.75, 3.05) is 6.54 Å². The first-order valence-corrected chi connectivity index (χ1v) is 7.28. The maximum absolute atomic E-state index is 12.3. The Hall–Kier alpha value is -2.71. The third-order valence-electron chi connectivity index (χ3n) is 3.67. The van der Waals surface area contributed by atoms with Crippen LogP contribution < -0.4 is 5.32 Å². The number of hydrogen-bond acceptors (Lipinski definition) is 5. The molecule has 0 aliphatic rings. The average molecular weight is 320 g/mol. The van der Waals surface area contributed by atoms with Crippen LogP contribution in [0.2, 0.25) is 0 Å². The van der Waals surface area contributed by atoms with Gasteiger partial charge in [0.15, 0.2) is 0 Å². The zero-order valence-corrected chi connectivity index (χ0v) is 13.4. The van der Waals surface area contributed by atoms with Crippen molar-refractivity contribution in [2.45, 2.75) is 39.3 Å². The molecule has 0 aliphatic heterocycles. The second kappa shape index (κ2) is 6.59. The molecule has 23 heavy (non-hydrogen) atoms. The summed E-state index contributed by atoms with van der Waals surface area (Å²) in [5, 5.41) is 21.6. The molecule has 0 atom stereocenters. The van der Waals surface area contributed by atoms with Crippen LogP contribution in [0.4, 0.5) is 5.69 Å². The van der Waals surface area contributed by atoms with E-state index in [1.807, 2.05) is 17.7 Å². The van der Waals surface area contributed by atoms with Gasteiger partial charge < -0.3 is 5.32 Å². The number of hydrogen-bond donors (Lipinski definition) is 1. The summed E-state index contributed by atoms with van der Waals surface area (Å²) in [6, 6.07) is 1.92. The van der Waals surface area contributed by atoms with E-state index in [4.69, 9.17) is 0 Å². The van der Waals surface area contributed by atoms with E-state index in [0.717, 1.165) is 18.3 Å². The molecule has 9 heteroatoms. The molecule has 9 nitrogen and oxygen atoms in total. The predicted molar refractivity (Wildman–Crippen MR) is 82.8 cm³/mol. The third-order valence-corrected chi connectivity index (χ3v) is 3.67. The normalized spacial score (nSPS) is 11.4. The summed E-state index contributed by atoms with van der Waals surface area (Å²) in [7, 11) is 0. The number of nitrogens with zero attached hydrogens (tertiary/aromatic N) is 5. The van der Waals surface area contributed by atoms with E-state index in [0.29, 0.717) is 13.1 Å². The molecule has 0 radical (unpaired) electrons. The molecule has 1 N–H and O–H groups in total. The fourth-order valence-electron chi connectivity index (χ4n) is 2.10. The van der Waals surface area contributed by atoms with Gasteiger partial charge in [-0.3, -0.25) is 24.3 Å². The minimum Gasteiger partial charge on any atom is -0.354 e. The van der Waals surface area contributed by atoms with Crippen LogP contribution in [-0.4, -0.2) is 36.9 Å². The first-order chi connectivity index (χ1) is 10.8. The van der Waals surface area contributed by atoms with Crippen molar-refractivity contribution in [2.24, 2.45) is 0 Å². The number of nitrogens with one attached hydrogen (secondary N) is 1. The Balaban J connectivity index is 1.88. The fourth-order valence-corrected chi connectivity index (χ4v) is 2.10. The molecule has 0 spiro atoms. The summed E-state index contributed by atoms with van der Waals surface area (Å²) in [5.41, 5.74) is -0.0730. The maximum atomic E-state index is 12.3. The van der Waals surface area contributed by atoms with Crippen LogP contribution in [0.1, 0.15) is 26.0 Å².